The molecule has 0 bridgehead atoms. The number of aromatic nitrogens is 5. The second-order valence-corrected chi connectivity index (χ2v) is 7.94. The van der Waals surface area contributed by atoms with Gasteiger partial charge in [0.1, 0.15) is 4.90 Å². The highest BCUT2D eigenvalue weighted by molar-refractivity contribution is 7.92. The lowest BCUT2D eigenvalue weighted by Gasteiger charge is -2.06. The highest BCUT2D eigenvalue weighted by Crippen LogP contribution is 2.23. The second kappa shape index (κ2) is 6.47. The van der Waals surface area contributed by atoms with Crippen LogP contribution in [0.1, 0.15) is 44.0 Å². The Hall–Kier alpha value is -2.42. The predicted molar refractivity (Wildman–Crippen MR) is 96.0 cm³/mol. The summed E-state index contributed by atoms with van der Waals surface area (Å²) >= 11 is 0. The molecular formula is C16H22N6O2S. The Bertz CT molecular complexity index is 1000. The van der Waals surface area contributed by atoms with Crippen molar-refractivity contribution in [3.05, 3.63) is 29.7 Å². The topological polar surface area (TPSA) is 106 Å². The number of nitrogens with one attached hydrogen (secondary N) is 2. The van der Waals surface area contributed by atoms with Crippen molar-refractivity contribution in [1.29, 1.82) is 0 Å². The maximum Gasteiger partial charge on any atom is 0.264 e. The number of hydrogen-bond donors (Lipinski definition) is 2. The highest BCUT2D eigenvalue weighted by Gasteiger charge is 2.19. The number of aromatic amines is 1. The minimum Gasteiger partial charge on any atom is -0.280 e. The van der Waals surface area contributed by atoms with Crippen molar-refractivity contribution in [2.24, 2.45) is 7.05 Å². The average molecular weight is 362 g/mol. The van der Waals surface area contributed by atoms with Crippen LogP contribution < -0.4 is 4.72 Å². The van der Waals surface area contributed by atoms with E-state index in [0.717, 1.165) is 24.2 Å². The fraction of sp³-hybridized carbons (Fsp3) is 0.438. The summed E-state index contributed by atoms with van der Waals surface area (Å²) in [5, 5.41) is 11.9. The van der Waals surface area contributed by atoms with E-state index in [-0.39, 0.29) is 10.7 Å². The summed E-state index contributed by atoms with van der Waals surface area (Å²) in [6, 6.07) is 3.32. The van der Waals surface area contributed by atoms with E-state index in [0.29, 0.717) is 17.0 Å². The lowest BCUT2D eigenvalue weighted by atomic mass is 10.0. The van der Waals surface area contributed by atoms with E-state index in [9.17, 15) is 8.42 Å². The number of H-pyrrole nitrogens is 1. The molecular weight excluding hydrogens is 340 g/mol. The van der Waals surface area contributed by atoms with Crippen LogP contribution in [0.3, 0.4) is 0 Å². The molecule has 1 unspecified atom stereocenters. The van der Waals surface area contributed by atoms with Crippen molar-refractivity contribution in [2.45, 2.75) is 44.4 Å². The molecule has 3 heterocycles. The van der Waals surface area contributed by atoms with Crippen molar-refractivity contribution >= 4 is 26.9 Å². The summed E-state index contributed by atoms with van der Waals surface area (Å²) in [4.78, 5) is 4.31. The van der Waals surface area contributed by atoms with Gasteiger partial charge in [0.15, 0.2) is 11.5 Å². The molecule has 3 aromatic heterocycles. The molecule has 0 fully saturated rings. The van der Waals surface area contributed by atoms with Gasteiger partial charge < -0.3 is 0 Å². The third-order valence-corrected chi connectivity index (χ3v) is 5.56. The summed E-state index contributed by atoms with van der Waals surface area (Å²) < 4.78 is 29.4. The third-order valence-electron chi connectivity index (χ3n) is 4.24. The van der Waals surface area contributed by atoms with Crippen molar-refractivity contribution in [2.75, 3.05) is 4.72 Å². The van der Waals surface area contributed by atoms with Crippen molar-refractivity contribution < 1.29 is 8.42 Å². The van der Waals surface area contributed by atoms with E-state index in [1.807, 2.05) is 6.92 Å². The summed E-state index contributed by atoms with van der Waals surface area (Å²) in [6.07, 6.45) is 3.39. The van der Waals surface area contributed by atoms with Gasteiger partial charge in [0.2, 0.25) is 0 Å². The quantitative estimate of drug-likeness (QED) is 0.701. The van der Waals surface area contributed by atoms with Gasteiger partial charge in [-0.05, 0) is 25.3 Å². The summed E-state index contributed by atoms with van der Waals surface area (Å²) in [6.45, 7) is 6.02. The number of nitrogens with zero attached hydrogens (tertiary/aromatic N) is 4. The van der Waals surface area contributed by atoms with E-state index < -0.39 is 10.0 Å². The first kappa shape index (κ1) is 17.4. The predicted octanol–water partition coefficient (Wildman–Crippen LogP) is 2.70. The lowest BCUT2D eigenvalue weighted by Crippen LogP contribution is -2.13. The monoisotopic (exact) mass is 362 g/mol. The smallest absolute Gasteiger partial charge is 0.264 e. The molecule has 0 saturated heterocycles. The lowest BCUT2D eigenvalue weighted by molar-refractivity contribution is 0.600. The van der Waals surface area contributed by atoms with Crippen LogP contribution in [0.4, 0.5) is 5.82 Å². The molecule has 25 heavy (non-hydrogen) atoms. The molecule has 0 aliphatic carbocycles. The van der Waals surface area contributed by atoms with Crippen molar-refractivity contribution in [3.8, 4) is 0 Å². The molecule has 1 atom stereocenters. The zero-order chi connectivity index (χ0) is 18.2. The SMILES string of the molecule is CCCC(C)c1cc(NS(=O)(=O)c2cnc3c(c2)c(C)nn3C)n[nH]1. The number of anilines is 1. The fourth-order valence-corrected chi connectivity index (χ4v) is 3.82. The summed E-state index contributed by atoms with van der Waals surface area (Å²) in [5.41, 5.74) is 2.29. The number of hydrogen-bond acceptors (Lipinski definition) is 5. The highest BCUT2D eigenvalue weighted by atomic mass is 32.2. The summed E-state index contributed by atoms with van der Waals surface area (Å²) in [7, 11) is -1.99. The van der Waals surface area contributed by atoms with E-state index in [2.05, 4.69) is 38.8 Å². The molecule has 0 saturated carbocycles. The van der Waals surface area contributed by atoms with Crippen LogP contribution in [0, 0.1) is 6.92 Å². The molecule has 0 amide bonds. The molecule has 3 rings (SSSR count). The van der Waals surface area contributed by atoms with Gasteiger partial charge in [-0.15, -0.1) is 0 Å². The first-order valence-electron chi connectivity index (χ1n) is 8.19. The van der Waals surface area contributed by atoms with E-state index in [1.54, 1.807) is 23.9 Å². The Balaban J connectivity index is 1.88. The first-order chi connectivity index (χ1) is 11.8. The Kier molecular flexibility index (Phi) is 4.51. The Labute approximate surface area is 146 Å². The minimum absolute atomic E-state index is 0.0854. The minimum atomic E-state index is -3.77. The molecule has 0 aliphatic rings. The maximum absolute atomic E-state index is 12.6. The fourth-order valence-electron chi connectivity index (χ4n) is 2.86. The zero-order valence-electron chi connectivity index (χ0n) is 14.7. The number of aryl methyl sites for hydroxylation is 2. The zero-order valence-corrected chi connectivity index (χ0v) is 15.6. The Morgan fingerprint density at radius 2 is 2.12 bits per heavy atom. The molecule has 134 valence electrons. The number of sulfonamides is 1. The van der Waals surface area contributed by atoms with Crippen LogP contribution in [-0.2, 0) is 17.1 Å². The number of pyridine rings is 1. The Morgan fingerprint density at radius 1 is 1.36 bits per heavy atom. The molecule has 9 heteroatoms. The van der Waals surface area contributed by atoms with Crippen LogP contribution in [0.5, 0.6) is 0 Å². The van der Waals surface area contributed by atoms with E-state index in [1.165, 1.54) is 6.20 Å². The van der Waals surface area contributed by atoms with Crippen LogP contribution in [0.15, 0.2) is 23.2 Å². The maximum atomic E-state index is 12.6. The molecule has 0 aliphatic heterocycles. The van der Waals surface area contributed by atoms with Gasteiger partial charge in [0.05, 0.1) is 5.69 Å². The molecule has 0 aromatic carbocycles. The first-order valence-corrected chi connectivity index (χ1v) is 9.67. The van der Waals surface area contributed by atoms with Gasteiger partial charge in [0, 0.05) is 30.4 Å². The van der Waals surface area contributed by atoms with Gasteiger partial charge in [-0.1, -0.05) is 20.3 Å². The van der Waals surface area contributed by atoms with Crippen LogP contribution in [0.25, 0.3) is 11.0 Å². The van der Waals surface area contributed by atoms with Crippen LogP contribution in [0.2, 0.25) is 0 Å². The largest absolute Gasteiger partial charge is 0.280 e. The average Bonchev–Trinajstić information content (AvgIpc) is 3.12. The van der Waals surface area contributed by atoms with Crippen LogP contribution in [-0.4, -0.2) is 33.4 Å². The van der Waals surface area contributed by atoms with Crippen molar-refractivity contribution in [3.63, 3.8) is 0 Å². The molecule has 0 radical (unpaired) electrons. The van der Waals surface area contributed by atoms with Gasteiger partial charge in [-0.3, -0.25) is 14.5 Å². The summed E-state index contributed by atoms with van der Waals surface area (Å²) in [5.74, 6) is 0.577. The molecule has 8 nitrogen and oxygen atoms in total. The van der Waals surface area contributed by atoms with E-state index >= 15 is 0 Å². The van der Waals surface area contributed by atoms with Gasteiger partial charge in [-0.2, -0.15) is 10.2 Å². The van der Waals surface area contributed by atoms with Gasteiger partial charge in [-0.25, -0.2) is 13.4 Å². The number of fused-ring (bicyclic) bond motifs is 1. The second-order valence-electron chi connectivity index (χ2n) is 6.25. The normalized spacial score (nSPS) is 13.3. The standard InChI is InChI=1S/C16H22N6O2S/c1-5-6-10(2)14-8-15(19-18-14)21-25(23,24)12-7-13-11(3)20-22(4)16(13)17-9-12/h7-10H,5-6H2,1-4H3,(H2,18,19,21). The van der Waals surface area contributed by atoms with Gasteiger partial charge in [0.25, 0.3) is 10.0 Å². The molecule has 0 spiro atoms. The number of rotatable bonds is 6. The Morgan fingerprint density at radius 3 is 2.84 bits per heavy atom. The van der Waals surface area contributed by atoms with Crippen LogP contribution >= 0.6 is 0 Å². The third kappa shape index (κ3) is 3.37. The molecule has 3 aromatic rings. The van der Waals surface area contributed by atoms with Crippen molar-refractivity contribution in [1.82, 2.24) is 25.0 Å². The van der Waals surface area contributed by atoms with Gasteiger partial charge >= 0.3 is 0 Å². The van der Waals surface area contributed by atoms with E-state index in [4.69, 9.17) is 0 Å². The molecule has 2 N–H and O–H groups in total.